The van der Waals surface area contributed by atoms with Crippen LogP contribution in [-0.4, -0.2) is 76.3 Å². The lowest BCUT2D eigenvalue weighted by atomic mass is 9.93. The van der Waals surface area contributed by atoms with Crippen LogP contribution in [0.2, 0.25) is 5.02 Å². The fourth-order valence-electron chi connectivity index (χ4n) is 3.70. The maximum Gasteiger partial charge on any atom is 0.352 e. The van der Waals surface area contributed by atoms with Crippen LogP contribution in [0, 0.1) is 0 Å². The third-order valence-corrected chi connectivity index (χ3v) is 6.25. The van der Waals surface area contributed by atoms with E-state index in [1.165, 1.54) is 6.07 Å². The Kier molecular flexibility index (Phi) is 7.63. The highest BCUT2D eigenvalue weighted by atomic mass is 35.5. The van der Waals surface area contributed by atoms with Gasteiger partial charge >= 0.3 is 5.97 Å². The minimum Gasteiger partial charge on any atom is -0.504 e. The monoisotopic (exact) mass is 516 g/mol. The molecular weight excluding hydrogens is 488 g/mol. The highest BCUT2D eigenvalue weighted by Gasteiger charge is 2.45. The third kappa shape index (κ3) is 5.51. The van der Waals surface area contributed by atoms with Gasteiger partial charge < -0.3 is 55.4 Å². The molecule has 0 spiro atoms. The van der Waals surface area contributed by atoms with Gasteiger partial charge in [0.1, 0.15) is 0 Å². The maximum atomic E-state index is 10.5. The van der Waals surface area contributed by atoms with Gasteiger partial charge in [-0.1, -0.05) is 23.7 Å². The summed E-state index contributed by atoms with van der Waals surface area (Å²) in [6.45, 7) is 1.68. The molecule has 0 aromatic heterocycles. The Morgan fingerprint density at radius 3 is 2.14 bits per heavy atom. The van der Waals surface area contributed by atoms with E-state index < -0.39 is 58.6 Å². The molecule has 1 aliphatic rings. The minimum absolute atomic E-state index is 0.216. The van der Waals surface area contributed by atoms with Crippen molar-refractivity contribution in [1.29, 1.82) is 0 Å². The van der Waals surface area contributed by atoms with Crippen molar-refractivity contribution in [1.82, 2.24) is 0 Å². The van der Waals surface area contributed by atoms with Crippen molar-refractivity contribution in [2.75, 3.05) is 6.61 Å². The van der Waals surface area contributed by atoms with E-state index >= 15 is 0 Å². The highest BCUT2D eigenvalue weighted by molar-refractivity contribution is 6.31. The average Bonchev–Trinajstić information content (AvgIpc) is 2.78. The van der Waals surface area contributed by atoms with Crippen LogP contribution in [-0.2, 0) is 11.2 Å². The topological polar surface area (TPSA) is 201 Å². The molecule has 3 unspecified atom stereocenters. The van der Waals surface area contributed by atoms with Crippen LogP contribution < -0.4 is 4.74 Å². The summed E-state index contributed by atoms with van der Waals surface area (Å²) in [6.07, 6.45) is -1.53. The van der Waals surface area contributed by atoms with Crippen LogP contribution in [0.3, 0.4) is 0 Å². The Morgan fingerprint density at radius 2 is 1.60 bits per heavy atom. The van der Waals surface area contributed by atoms with E-state index in [2.05, 4.69) is 0 Å². The Bertz CT molecular complexity index is 1050. The Hall–Kier alpha value is -2.51. The molecule has 1 saturated heterocycles. The van der Waals surface area contributed by atoms with Gasteiger partial charge in [0.25, 0.3) is 0 Å². The molecule has 3 atom stereocenters. The largest absolute Gasteiger partial charge is 0.504 e. The standard InChI is InChI=1S/C23H29ClO11/c1-22(2,31)23(32,33)35-21-19(29)17(27)14(18(28)20(21)30)6-11-5-10(3-4-15(11)24)16-8-12(26)7-13(9-25)34-16/h3-5,12-13,16,25-33H,6-9H2,1-2H3. The smallest absolute Gasteiger partial charge is 0.352 e. The molecule has 2 aromatic rings. The maximum absolute atomic E-state index is 10.5. The summed E-state index contributed by atoms with van der Waals surface area (Å²) < 4.78 is 10.5. The number of aromatic hydroxyl groups is 4. The zero-order valence-corrected chi connectivity index (χ0v) is 19.8. The van der Waals surface area contributed by atoms with Crippen LogP contribution in [0.15, 0.2) is 18.2 Å². The summed E-state index contributed by atoms with van der Waals surface area (Å²) in [5, 5.41) is 91.1. The predicted octanol–water partition coefficient (Wildman–Crippen LogP) is 1.11. The molecule has 2 aromatic carbocycles. The van der Waals surface area contributed by atoms with Crippen molar-refractivity contribution in [3.63, 3.8) is 0 Å². The summed E-state index contributed by atoms with van der Waals surface area (Å²) in [6, 6.07) is 4.79. The van der Waals surface area contributed by atoms with Gasteiger partial charge in [0.05, 0.1) is 24.9 Å². The zero-order chi connectivity index (χ0) is 26.3. The number of phenols is 4. The van der Waals surface area contributed by atoms with E-state index in [1.54, 1.807) is 12.1 Å². The minimum atomic E-state index is -3.31. The van der Waals surface area contributed by atoms with Crippen LogP contribution in [0.25, 0.3) is 0 Å². The van der Waals surface area contributed by atoms with Gasteiger partial charge in [0.15, 0.2) is 17.1 Å². The Labute approximate surface area is 205 Å². The first-order chi connectivity index (χ1) is 16.2. The van der Waals surface area contributed by atoms with Crippen LogP contribution in [0.4, 0.5) is 0 Å². The number of aliphatic hydroxyl groups is 5. The molecule has 0 bridgehead atoms. The molecule has 3 rings (SSSR count). The normalized spacial score (nSPS) is 21.2. The van der Waals surface area contributed by atoms with Crippen molar-refractivity contribution in [3.05, 3.63) is 39.9 Å². The molecule has 9 N–H and O–H groups in total. The Morgan fingerprint density at radius 1 is 1.00 bits per heavy atom. The average molecular weight is 517 g/mol. The lowest BCUT2D eigenvalue weighted by Gasteiger charge is -2.33. The van der Waals surface area contributed by atoms with E-state index in [4.69, 9.17) is 21.1 Å². The molecule has 1 heterocycles. The van der Waals surface area contributed by atoms with Crippen LogP contribution >= 0.6 is 11.6 Å². The number of hydrogen-bond acceptors (Lipinski definition) is 11. The molecule has 1 aliphatic heterocycles. The number of benzene rings is 2. The second-order valence-electron chi connectivity index (χ2n) is 9.05. The van der Waals surface area contributed by atoms with Crippen LogP contribution in [0.5, 0.6) is 28.7 Å². The second-order valence-corrected chi connectivity index (χ2v) is 9.46. The quantitative estimate of drug-likeness (QED) is 0.145. The molecule has 0 aliphatic carbocycles. The lowest BCUT2D eigenvalue weighted by Crippen LogP contribution is -2.54. The summed E-state index contributed by atoms with van der Waals surface area (Å²) >= 11 is 6.29. The third-order valence-electron chi connectivity index (χ3n) is 5.88. The zero-order valence-electron chi connectivity index (χ0n) is 19.0. The van der Waals surface area contributed by atoms with Gasteiger partial charge in [-0.15, -0.1) is 0 Å². The fourth-order valence-corrected chi connectivity index (χ4v) is 3.88. The van der Waals surface area contributed by atoms with Crippen molar-refractivity contribution in [2.24, 2.45) is 0 Å². The number of phenolic OH excluding ortho intramolecular Hbond substituents is 4. The van der Waals surface area contributed by atoms with Crippen molar-refractivity contribution >= 4 is 11.6 Å². The van der Waals surface area contributed by atoms with Crippen molar-refractivity contribution in [2.45, 2.75) is 63.0 Å². The second kappa shape index (κ2) is 9.86. The SMILES string of the molecule is CC(C)(O)C(O)(O)Oc1c(O)c(O)c(Cc2cc(C3CC(O)CC(CO)O3)ccc2Cl)c(O)c1O. The first-order valence-electron chi connectivity index (χ1n) is 10.7. The van der Waals surface area contributed by atoms with Gasteiger partial charge in [-0.05, 0) is 31.0 Å². The number of hydrogen-bond donors (Lipinski definition) is 9. The summed E-state index contributed by atoms with van der Waals surface area (Å²) in [5.41, 5.74) is -1.69. The van der Waals surface area contributed by atoms with Crippen molar-refractivity contribution < 1.29 is 55.4 Å². The highest BCUT2D eigenvalue weighted by Crippen LogP contribution is 2.53. The first-order valence-corrected chi connectivity index (χ1v) is 11.1. The molecule has 1 fully saturated rings. The van der Waals surface area contributed by atoms with Gasteiger partial charge in [-0.25, -0.2) is 0 Å². The van der Waals surface area contributed by atoms with E-state index in [0.29, 0.717) is 17.5 Å². The molecular formula is C23H29ClO11. The van der Waals surface area contributed by atoms with Crippen LogP contribution in [0.1, 0.15) is 49.5 Å². The number of aliphatic hydroxyl groups excluding tert-OH is 2. The molecule has 0 saturated carbocycles. The summed E-state index contributed by atoms with van der Waals surface area (Å²) in [7, 11) is 0. The molecule has 0 radical (unpaired) electrons. The van der Waals surface area contributed by atoms with Gasteiger partial charge in [-0.2, -0.15) is 0 Å². The first kappa shape index (κ1) is 27.1. The molecule has 194 valence electrons. The van der Waals surface area contributed by atoms with Gasteiger partial charge in [0.2, 0.25) is 17.2 Å². The fraction of sp³-hybridized carbons (Fsp3) is 0.478. The molecule has 12 heteroatoms. The van der Waals surface area contributed by atoms with E-state index in [9.17, 15) is 46.0 Å². The predicted molar refractivity (Wildman–Crippen MR) is 121 cm³/mol. The van der Waals surface area contributed by atoms with Gasteiger partial charge in [-0.3, -0.25) is 0 Å². The summed E-state index contributed by atoms with van der Waals surface area (Å²) in [5.74, 6) is -8.50. The Balaban J connectivity index is 1.97. The van der Waals surface area contributed by atoms with Crippen molar-refractivity contribution in [3.8, 4) is 28.7 Å². The number of ether oxygens (including phenoxy) is 2. The van der Waals surface area contributed by atoms with E-state index in [0.717, 1.165) is 13.8 Å². The van der Waals surface area contributed by atoms with E-state index in [-0.39, 0.29) is 30.0 Å². The van der Waals surface area contributed by atoms with E-state index in [1.807, 2.05) is 0 Å². The molecule has 35 heavy (non-hydrogen) atoms. The molecule has 0 amide bonds. The lowest BCUT2D eigenvalue weighted by molar-refractivity contribution is -0.366. The molecule has 11 nitrogen and oxygen atoms in total. The van der Waals surface area contributed by atoms with Gasteiger partial charge in [0, 0.05) is 29.8 Å². The summed E-state index contributed by atoms with van der Waals surface area (Å²) in [4.78, 5) is 0. The number of rotatable bonds is 7. The number of halogens is 1.